The predicted molar refractivity (Wildman–Crippen MR) is 41.0 cm³/mol. The summed E-state index contributed by atoms with van der Waals surface area (Å²) in [5.41, 5.74) is 0.663. The summed E-state index contributed by atoms with van der Waals surface area (Å²) in [4.78, 5) is 0. The molecule has 1 saturated carbocycles. The Balaban J connectivity index is 1.92. The highest BCUT2D eigenvalue weighted by atomic mass is 16.5. The summed E-state index contributed by atoms with van der Waals surface area (Å²) < 4.78 is 5.27. The summed E-state index contributed by atoms with van der Waals surface area (Å²) in [5.74, 6) is 0. The van der Waals surface area contributed by atoms with Crippen LogP contribution in [0.1, 0.15) is 38.5 Å². The molecular weight excluding hydrogens is 124 g/mol. The fourth-order valence-electron chi connectivity index (χ4n) is 2.16. The van der Waals surface area contributed by atoms with E-state index in [0.29, 0.717) is 5.41 Å². The molecule has 0 amide bonds. The Labute approximate surface area is 62.8 Å². The lowest BCUT2D eigenvalue weighted by Crippen LogP contribution is -2.41. The zero-order valence-electron chi connectivity index (χ0n) is 6.57. The minimum absolute atomic E-state index is 0.663. The van der Waals surface area contributed by atoms with Gasteiger partial charge in [-0.3, -0.25) is 0 Å². The molecule has 0 bridgehead atoms. The van der Waals surface area contributed by atoms with Crippen LogP contribution in [0.4, 0.5) is 0 Å². The molecular formula is C9H16O. The van der Waals surface area contributed by atoms with Gasteiger partial charge in [-0.1, -0.05) is 25.7 Å². The van der Waals surface area contributed by atoms with Crippen LogP contribution in [0.5, 0.6) is 0 Å². The van der Waals surface area contributed by atoms with Crippen molar-refractivity contribution < 1.29 is 4.74 Å². The summed E-state index contributed by atoms with van der Waals surface area (Å²) in [6, 6.07) is 0. The molecule has 0 N–H and O–H groups in total. The van der Waals surface area contributed by atoms with Crippen LogP contribution in [0.25, 0.3) is 0 Å². The lowest BCUT2D eigenvalue weighted by molar-refractivity contribution is -0.120. The molecule has 1 spiro atoms. The lowest BCUT2D eigenvalue weighted by Gasteiger charge is -2.40. The minimum atomic E-state index is 0.663. The van der Waals surface area contributed by atoms with E-state index >= 15 is 0 Å². The van der Waals surface area contributed by atoms with Crippen molar-refractivity contribution in [3.8, 4) is 0 Å². The summed E-state index contributed by atoms with van der Waals surface area (Å²) in [7, 11) is 0. The highest BCUT2D eigenvalue weighted by Gasteiger charge is 2.37. The Morgan fingerprint density at radius 2 is 1.40 bits per heavy atom. The molecule has 10 heavy (non-hydrogen) atoms. The molecule has 1 heterocycles. The average Bonchev–Trinajstić information content (AvgIpc) is 2.08. The van der Waals surface area contributed by atoms with E-state index in [1.54, 1.807) is 0 Å². The van der Waals surface area contributed by atoms with Gasteiger partial charge in [0, 0.05) is 5.41 Å². The van der Waals surface area contributed by atoms with Crippen LogP contribution in [0.15, 0.2) is 0 Å². The van der Waals surface area contributed by atoms with Crippen molar-refractivity contribution in [2.45, 2.75) is 38.5 Å². The third-order valence-electron chi connectivity index (χ3n) is 2.98. The second kappa shape index (κ2) is 2.54. The van der Waals surface area contributed by atoms with Gasteiger partial charge >= 0.3 is 0 Å². The first-order valence-electron chi connectivity index (χ1n) is 4.49. The maximum Gasteiger partial charge on any atom is 0.0544 e. The van der Waals surface area contributed by atoms with Crippen molar-refractivity contribution in [3.63, 3.8) is 0 Å². The fourth-order valence-corrected chi connectivity index (χ4v) is 2.16. The van der Waals surface area contributed by atoms with Crippen LogP contribution in [-0.2, 0) is 4.74 Å². The number of ether oxygens (including phenoxy) is 1. The average molecular weight is 140 g/mol. The largest absolute Gasteiger partial charge is 0.380 e. The Morgan fingerprint density at radius 1 is 0.800 bits per heavy atom. The van der Waals surface area contributed by atoms with Crippen molar-refractivity contribution in [2.24, 2.45) is 5.41 Å². The molecule has 2 aliphatic rings. The van der Waals surface area contributed by atoms with E-state index in [2.05, 4.69) is 0 Å². The molecule has 1 heteroatoms. The first-order valence-corrected chi connectivity index (χ1v) is 4.49. The number of rotatable bonds is 0. The molecule has 2 fully saturated rings. The maximum absolute atomic E-state index is 5.27. The van der Waals surface area contributed by atoms with E-state index < -0.39 is 0 Å². The van der Waals surface area contributed by atoms with E-state index in [0.717, 1.165) is 13.2 Å². The third kappa shape index (κ3) is 1.07. The van der Waals surface area contributed by atoms with Crippen molar-refractivity contribution >= 4 is 0 Å². The Kier molecular flexibility index (Phi) is 1.69. The topological polar surface area (TPSA) is 9.23 Å². The highest BCUT2D eigenvalue weighted by Crippen LogP contribution is 2.40. The van der Waals surface area contributed by atoms with E-state index in [1.165, 1.54) is 38.5 Å². The van der Waals surface area contributed by atoms with E-state index in [-0.39, 0.29) is 0 Å². The van der Waals surface area contributed by atoms with Crippen molar-refractivity contribution in [1.82, 2.24) is 0 Å². The van der Waals surface area contributed by atoms with E-state index in [1.807, 2.05) is 0 Å². The summed E-state index contributed by atoms with van der Waals surface area (Å²) in [6.45, 7) is 2.12. The molecule has 1 aliphatic heterocycles. The predicted octanol–water partition coefficient (Wildman–Crippen LogP) is 2.36. The molecule has 0 aromatic rings. The summed E-state index contributed by atoms with van der Waals surface area (Å²) in [5, 5.41) is 0. The van der Waals surface area contributed by atoms with Gasteiger partial charge in [0.2, 0.25) is 0 Å². The molecule has 1 aliphatic carbocycles. The monoisotopic (exact) mass is 140 g/mol. The van der Waals surface area contributed by atoms with Crippen LogP contribution < -0.4 is 0 Å². The van der Waals surface area contributed by atoms with Gasteiger partial charge in [0.15, 0.2) is 0 Å². The Morgan fingerprint density at radius 3 is 1.80 bits per heavy atom. The fraction of sp³-hybridized carbons (Fsp3) is 1.00. The molecule has 1 saturated heterocycles. The van der Waals surface area contributed by atoms with Gasteiger partial charge in [-0.15, -0.1) is 0 Å². The zero-order chi connectivity index (χ0) is 6.86. The molecule has 0 atom stereocenters. The van der Waals surface area contributed by atoms with Gasteiger partial charge in [-0.25, -0.2) is 0 Å². The molecule has 0 radical (unpaired) electrons. The lowest BCUT2D eigenvalue weighted by atomic mass is 9.79. The molecule has 58 valence electrons. The number of hydrogen-bond acceptors (Lipinski definition) is 1. The van der Waals surface area contributed by atoms with Crippen molar-refractivity contribution in [3.05, 3.63) is 0 Å². The van der Waals surface area contributed by atoms with Crippen LogP contribution >= 0.6 is 0 Å². The third-order valence-corrected chi connectivity index (χ3v) is 2.98. The van der Waals surface area contributed by atoms with Crippen molar-refractivity contribution in [1.29, 1.82) is 0 Å². The Hall–Kier alpha value is -0.0400. The summed E-state index contributed by atoms with van der Waals surface area (Å²) >= 11 is 0. The molecule has 0 unspecified atom stereocenters. The van der Waals surface area contributed by atoms with Crippen LogP contribution in [0.2, 0.25) is 0 Å². The number of hydrogen-bond donors (Lipinski definition) is 0. The smallest absolute Gasteiger partial charge is 0.0544 e. The molecule has 0 aromatic carbocycles. The standard InChI is InChI=1S/C9H16O/c1-2-4-6-9(5-3-1)7-10-8-9/h1-8H2. The highest BCUT2D eigenvalue weighted by molar-refractivity contribution is 4.86. The molecule has 1 nitrogen and oxygen atoms in total. The minimum Gasteiger partial charge on any atom is -0.380 e. The van der Waals surface area contributed by atoms with Gasteiger partial charge < -0.3 is 4.74 Å². The van der Waals surface area contributed by atoms with Gasteiger partial charge in [0.25, 0.3) is 0 Å². The van der Waals surface area contributed by atoms with Gasteiger partial charge in [0.05, 0.1) is 13.2 Å². The van der Waals surface area contributed by atoms with Crippen LogP contribution in [0, 0.1) is 5.41 Å². The zero-order valence-corrected chi connectivity index (χ0v) is 6.57. The van der Waals surface area contributed by atoms with Crippen molar-refractivity contribution in [2.75, 3.05) is 13.2 Å². The van der Waals surface area contributed by atoms with Crippen LogP contribution in [0.3, 0.4) is 0 Å². The van der Waals surface area contributed by atoms with Gasteiger partial charge in [-0.2, -0.15) is 0 Å². The second-order valence-electron chi connectivity index (χ2n) is 3.91. The summed E-state index contributed by atoms with van der Waals surface area (Å²) in [6.07, 6.45) is 8.69. The van der Waals surface area contributed by atoms with E-state index in [4.69, 9.17) is 4.74 Å². The van der Waals surface area contributed by atoms with E-state index in [9.17, 15) is 0 Å². The first kappa shape index (κ1) is 6.66. The second-order valence-corrected chi connectivity index (χ2v) is 3.91. The quantitative estimate of drug-likeness (QED) is 0.502. The SMILES string of the molecule is C1CCCC2(CC1)COC2. The van der Waals surface area contributed by atoms with Gasteiger partial charge in [-0.05, 0) is 12.8 Å². The normalized spacial score (nSPS) is 31.2. The Bertz CT molecular complexity index is 106. The first-order chi connectivity index (χ1) is 4.91. The van der Waals surface area contributed by atoms with Gasteiger partial charge in [0.1, 0.15) is 0 Å². The molecule has 0 aromatic heterocycles. The molecule has 2 rings (SSSR count). The maximum atomic E-state index is 5.27. The van der Waals surface area contributed by atoms with Crippen LogP contribution in [-0.4, -0.2) is 13.2 Å².